The van der Waals surface area contributed by atoms with Crippen molar-refractivity contribution in [3.63, 3.8) is 0 Å². The number of anilines is 1. The van der Waals surface area contributed by atoms with Crippen molar-refractivity contribution >= 4 is 27.5 Å². The summed E-state index contributed by atoms with van der Waals surface area (Å²) in [6.45, 7) is 3.48. The fourth-order valence-electron chi connectivity index (χ4n) is 7.67. The lowest BCUT2D eigenvalue weighted by atomic mass is 9.93. The standard InChI is InChI=1S/C33H34F3N5O4/c34-20-13-33(6-2-7-41(33)15-20)18-45-32-38-30-25-14-37-29(28(30)36)24-12-21(42)11-19-4-5-26(35)23(27(19)24)3-1-9-43-17-22-16-40(8-10-44-22)31(25)39-32/h4-5,11-12,14,20,22,42H,1-3,6-10,13,15-18H2/t20-,22-,33+/m1/s1. The van der Waals surface area contributed by atoms with E-state index in [4.69, 9.17) is 19.2 Å². The van der Waals surface area contributed by atoms with Gasteiger partial charge in [0.1, 0.15) is 41.4 Å². The lowest BCUT2D eigenvalue weighted by Crippen LogP contribution is -2.45. The van der Waals surface area contributed by atoms with Gasteiger partial charge in [-0.15, -0.1) is 0 Å². The molecule has 4 aromatic rings. The molecule has 0 unspecified atom stereocenters. The predicted molar refractivity (Wildman–Crippen MR) is 161 cm³/mol. The van der Waals surface area contributed by atoms with Crippen LogP contribution in [0.2, 0.25) is 0 Å². The molecule has 0 spiro atoms. The number of aromatic nitrogens is 3. The molecule has 12 heteroatoms. The Labute approximate surface area is 257 Å². The number of phenols is 1. The van der Waals surface area contributed by atoms with Crippen LogP contribution >= 0.6 is 0 Å². The van der Waals surface area contributed by atoms with Crippen molar-refractivity contribution < 1.29 is 32.5 Å². The normalized spacial score (nSPS) is 25.4. The summed E-state index contributed by atoms with van der Waals surface area (Å²) in [7, 11) is 0. The summed E-state index contributed by atoms with van der Waals surface area (Å²) in [5, 5.41) is 12.0. The van der Waals surface area contributed by atoms with Crippen molar-refractivity contribution in [1.29, 1.82) is 0 Å². The van der Waals surface area contributed by atoms with Crippen LogP contribution in [-0.2, 0) is 15.9 Å². The van der Waals surface area contributed by atoms with Crippen LogP contribution < -0.4 is 9.64 Å². The largest absolute Gasteiger partial charge is 0.508 e. The molecule has 0 amide bonds. The fraction of sp³-hybridized carbons (Fsp3) is 0.485. The molecule has 9 rings (SSSR count). The average Bonchev–Trinajstić information content (AvgIpc) is 3.56. The zero-order valence-corrected chi connectivity index (χ0v) is 24.8. The third kappa shape index (κ3) is 5.03. The fourth-order valence-corrected chi connectivity index (χ4v) is 7.67. The number of nitrogens with zero attached hydrogens (tertiary/aromatic N) is 5. The molecule has 3 atom stereocenters. The Bertz CT molecular complexity index is 1790. The van der Waals surface area contributed by atoms with E-state index in [9.17, 15) is 9.50 Å². The molecule has 5 aliphatic heterocycles. The predicted octanol–water partition coefficient (Wildman–Crippen LogP) is 4.95. The first-order valence-corrected chi connectivity index (χ1v) is 15.7. The Hall–Kier alpha value is -3.74. The molecular formula is C33H34F3N5O4. The maximum Gasteiger partial charge on any atom is 0.319 e. The van der Waals surface area contributed by atoms with E-state index in [2.05, 4.69) is 14.9 Å². The number of phenolic OH excluding ortho intramolecular Hbond substituents is 1. The molecule has 3 fully saturated rings. The SMILES string of the molecule is Oc1cc2c3c(c(F)ccc3c1)CCCOC[C@H]1CN(CCO1)c1nc(OC[C@@]34CCCN3C[C@H](F)C4)nc3c(F)c-2ncc13. The van der Waals surface area contributed by atoms with Gasteiger partial charge in [0.2, 0.25) is 0 Å². The maximum atomic E-state index is 16.8. The van der Waals surface area contributed by atoms with Crippen LogP contribution in [0.4, 0.5) is 19.0 Å². The highest BCUT2D eigenvalue weighted by atomic mass is 19.1. The second-order valence-electron chi connectivity index (χ2n) is 12.6. The number of hydrogen-bond acceptors (Lipinski definition) is 9. The van der Waals surface area contributed by atoms with Crippen molar-refractivity contribution in [2.75, 3.05) is 57.5 Å². The summed E-state index contributed by atoms with van der Waals surface area (Å²) in [6.07, 6.45) is 3.38. The molecule has 2 aromatic carbocycles. The van der Waals surface area contributed by atoms with Crippen LogP contribution in [-0.4, -0.2) is 95.4 Å². The Morgan fingerprint density at radius 3 is 2.91 bits per heavy atom. The van der Waals surface area contributed by atoms with Crippen molar-refractivity contribution in [2.24, 2.45) is 0 Å². The quantitative estimate of drug-likeness (QED) is 0.341. The van der Waals surface area contributed by atoms with Crippen molar-refractivity contribution in [3.05, 3.63) is 47.7 Å². The third-order valence-electron chi connectivity index (χ3n) is 9.74. The molecule has 3 saturated heterocycles. The lowest BCUT2D eigenvalue weighted by molar-refractivity contribution is -0.0240. The minimum absolute atomic E-state index is 0.00333. The van der Waals surface area contributed by atoms with Gasteiger partial charge in [0.15, 0.2) is 5.82 Å². The van der Waals surface area contributed by atoms with Gasteiger partial charge >= 0.3 is 6.01 Å². The number of ether oxygens (including phenoxy) is 3. The summed E-state index contributed by atoms with van der Waals surface area (Å²) in [4.78, 5) is 18.0. The molecular weight excluding hydrogens is 587 g/mol. The minimum atomic E-state index is -0.917. The van der Waals surface area contributed by atoms with Gasteiger partial charge in [-0.3, -0.25) is 9.88 Å². The highest BCUT2D eigenvalue weighted by Crippen LogP contribution is 2.42. The maximum absolute atomic E-state index is 16.8. The number of aromatic hydroxyl groups is 1. The Morgan fingerprint density at radius 1 is 1.09 bits per heavy atom. The Morgan fingerprint density at radius 2 is 2.00 bits per heavy atom. The first-order chi connectivity index (χ1) is 21.9. The number of rotatable bonds is 3. The van der Waals surface area contributed by atoms with E-state index < -0.39 is 23.3 Å². The topological polar surface area (TPSA) is 93.1 Å². The highest BCUT2D eigenvalue weighted by Gasteiger charge is 2.49. The minimum Gasteiger partial charge on any atom is -0.508 e. The summed E-state index contributed by atoms with van der Waals surface area (Å²) < 4.78 is 64.8. The average molecular weight is 622 g/mol. The molecule has 2 aromatic heterocycles. The lowest BCUT2D eigenvalue weighted by Gasteiger charge is -2.34. The number of pyridine rings is 1. The number of benzene rings is 2. The number of morpholine rings is 1. The third-order valence-corrected chi connectivity index (χ3v) is 9.74. The van der Waals surface area contributed by atoms with E-state index in [1.165, 1.54) is 24.4 Å². The van der Waals surface area contributed by atoms with Crippen LogP contribution in [0.15, 0.2) is 30.5 Å². The summed E-state index contributed by atoms with van der Waals surface area (Å²) >= 11 is 0. The van der Waals surface area contributed by atoms with E-state index in [0.29, 0.717) is 86.3 Å². The van der Waals surface area contributed by atoms with Crippen molar-refractivity contribution in [1.82, 2.24) is 19.9 Å². The number of alkyl halides is 1. The molecule has 1 N–H and O–H groups in total. The van der Waals surface area contributed by atoms with Crippen molar-refractivity contribution in [3.8, 4) is 23.0 Å². The van der Waals surface area contributed by atoms with Gasteiger partial charge in [-0.25, -0.2) is 13.2 Å². The number of fused-ring (bicyclic) bond motifs is 6. The van der Waals surface area contributed by atoms with Gasteiger partial charge in [0.25, 0.3) is 0 Å². The molecule has 236 valence electrons. The van der Waals surface area contributed by atoms with E-state index in [1.807, 2.05) is 4.90 Å². The Balaban J connectivity index is 1.30. The van der Waals surface area contributed by atoms with Crippen LogP contribution in [0.5, 0.6) is 11.8 Å². The molecule has 0 radical (unpaired) electrons. The van der Waals surface area contributed by atoms with Crippen LogP contribution in [0, 0.1) is 11.6 Å². The van der Waals surface area contributed by atoms with E-state index in [0.717, 1.165) is 19.4 Å². The number of halogens is 3. The molecule has 45 heavy (non-hydrogen) atoms. The first kappa shape index (κ1) is 28.7. The molecule has 7 heterocycles. The second-order valence-corrected chi connectivity index (χ2v) is 12.6. The van der Waals surface area contributed by atoms with Gasteiger partial charge in [0, 0.05) is 44.4 Å². The molecule has 0 saturated carbocycles. The molecule has 0 aliphatic carbocycles. The summed E-state index contributed by atoms with van der Waals surface area (Å²) in [5.74, 6) is -0.792. The zero-order chi connectivity index (χ0) is 30.7. The van der Waals surface area contributed by atoms with E-state index in [-0.39, 0.29) is 41.2 Å². The molecule has 9 nitrogen and oxygen atoms in total. The van der Waals surface area contributed by atoms with Gasteiger partial charge in [-0.2, -0.15) is 9.97 Å². The summed E-state index contributed by atoms with van der Waals surface area (Å²) in [5.41, 5.74) is 0.161. The highest BCUT2D eigenvalue weighted by molar-refractivity contribution is 6.01. The van der Waals surface area contributed by atoms with Crippen LogP contribution in [0.3, 0.4) is 0 Å². The Kier molecular flexibility index (Phi) is 7.18. The molecule has 6 bridgehead atoms. The zero-order valence-electron chi connectivity index (χ0n) is 24.8. The number of hydrogen-bond donors (Lipinski definition) is 1. The first-order valence-electron chi connectivity index (χ1n) is 15.7. The second kappa shape index (κ2) is 11.3. The van der Waals surface area contributed by atoms with Gasteiger partial charge < -0.3 is 24.2 Å². The molecule has 5 aliphatic rings. The van der Waals surface area contributed by atoms with Gasteiger partial charge in [-0.1, -0.05) is 6.07 Å². The van der Waals surface area contributed by atoms with E-state index in [1.54, 1.807) is 6.07 Å². The smallest absolute Gasteiger partial charge is 0.319 e. The van der Waals surface area contributed by atoms with E-state index >= 15 is 8.78 Å². The number of aryl methyl sites for hydroxylation is 1. The van der Waals surface area contributed by atoms with Crippen molar-refractivity contribution in [2.45, 2.75) is 49.9 Å². The van der Waals surface area contributed by atoms with Gasteiger partial charge in [-0.05, 0) is 66.8 Å². The van der Waals surface area contributed by atoms with Gasteiger partial charge in [0.05, 0.1) is 30.2 Å². The monoisotopic (exact) mass is 621 g/mol. The van der Waals surface area contributed by atoms with Crippen LogP contribution in [0.25, 0.3) is 32.9 Å². The van der Waals surface area contributed by atoms with Crippen LogP contribution in [0.1, 0.15) is 31.2 Å². The summed E-state index contributed by atoms with van der Waals surface area (Å²) in [6, 6.07) is 5.86.